The summed E-state index contributed by atoms with van der Waals surface area (Å²) in [6.45, 7) is 1.75. The predicted molar refractivity (Wildman–Crippen MR) is 116 cm³/mol. The summed E-state index contributed by atoms with van der Waals surface area (Å²) >= 11 is 0. The van der Waals surface area contributed by atoms with Gasteiger partial charge >= 0.3 is 11.9 Å². The fourth-order valence-corrected chi connectivity index (χ4v) is 5.04. The van der Waals surface area contributed by atoms with Crippen LogP contribution in [0.25, 0.3) is 0 Å². The highest BCUT2D eigenvalue weighted by Crippen LogP contribution is 2.36. The Bertz CT molecular complexity index is 754. The third kappa shape index (κ3) is 6.29. The lowest BCUT2D eigenvalue weighted by atomic mass is 9.90. The maximum absolute atomic E-state index is 13.4. The van der Waals surface area contributed by atoms with E-state index in [0.717, 1.165) is 37.7 Å². The van der Waals surface area contributed by atoms with Crippen LogP contribution in [-0.2, 0) is 25.5 Å². The Morgan fingerprint density at radius 2 is 1.87 bits per heavy atom. The summed E-state index contributed by atoms with van der Waals surface area (Å²) in [5.41, 5.74) is 1.11. The van der Waals surface area contributed by atoms with Crippen molar-refractivity contribution in [2.75, 3.05) is 13.2 Å². The largest absolute Gasteiger partial charge is 0.480 e. The van der Waals surface area contributed by atoms with Gasteiger partial charge in [0.25, 0.3) is 0 Å². The first-order valence-electron chi connectivity index (χ1n) is 11.5. The van der Waals surface area contributed by atoms with Crippen molar-refractivity contribution in [1.29, 1.82) is 0 Å². The van der Waals surface area contributed by atoms with E-state index < -0.39 is 18.1 Å². The number of benzene rings is 1. The second kappa shape index (κ2) is 11.3. The molecule has 4 atom stereocenters. The zero-order valence-electron chi connectivity index (χ0n) is 18.3. The first-order chi connectivity index (χ1) is 15.0. The summed E-state index contributed by atoms with van der Waals surface area (Å²) < 4.78 is 5.27. The van der Waals surface area contributed by atoms with Gasteiger partial charge in [0.1, 0.15) is 12.6 Å². The van der Waals surface area contributed by atoms with Crippen molar-refractivity contribution in [3.05, 3.63) is 35.9 Å². The van der Waals surface area contributed by atoms with E-state index in [1.807, 2.05) is 30.3 Å². The SMILES string of the molecule is CCOC(=O)[C@H](CCc1ccccc1)N[C@H]1CCCC2CCCC2N(CC(=O)O)C1=O. The fraction of sp³-hybridized carbons (Fsp3) is 0.625. The Morgan fingerprint density at radius 3 is 2.55 bits per heavy atom. The summed E-state index contributed by atoms with van der Waals surface area (Å²) in [6, 6.07) is 8.69. The third-order valence-electron chi connectivity index (χ3n) is 6.51. The zero-order chi connectivity index (χ0) is 22.2. The molecule has 1 saturated carbocycles. The zero-order valence-corrected chi connectivity index (χ0v) is 18.3. The Balaban J connectivity index is 1.74. The predicted octanol–water partition coefficient (Wildman–Crippen LogP) is 2.77. The Morgan fingerprint density at radius 1 is 1.16 bits per heavy atom. The second-order valence-electron chi connectivity index (χ2n) is 8.60. The van der Waals surface area contributed by atoms with Gasteiger partial charge in [0.15, 0.2) is 0 Å². The minimum atomic E-state index is -0.996. The van der Waals surface area contributed by atoms with E-state index in [2.05, 4.69) is 5.32 Å². The normalized spacial score (nSPS) is 24.7. The summed E-state index contributed by atoms with van der Waals surface area (Å²) in [5.74, 6) is -1.18. The third-order valence-corrected chi connectivity index (χ3v) is 6.51. The maximum atomic E-state index is 13.4. The fourth-order valence-electron chi connectivity index (χ4n) is 5.04. The molecular formula is C24H34N2O5. The van der Waals surface area contributed by atoms with Gasteiger partial charge in [0.2, 0.25) is 5.91 Å². The van der Waals surface area contributed by atoms with E-state index >= 15 is 0 Å². The number of carboxylic acid groups (broad SMARTS) is 1. The van der Waals surface area contributed by atoms with Gasteiger partial charge in [-0.25, -0.2) is 0 Å². The Kier molecular flexibility index (Phi) is 8.46. The van der Waals surface area contributed by atoms with Gasteiger partial charge in [0, 0.05) is 6.04 Å². The number of amides is 1. The lowest BCUT2D eigenvalue weighted by Gasteiger charge is -2.38. The van der Waals surface area contributed by atoms with Crippen molar-refractivity contribution in [1.82, 2.24) is 10.2 Å². The van der Waals surface area contributed by atoms with E-state index in [1.165, 1.54) is 0 Å². The van der Waals surface area contributed by atoms with E-state index in [0.29, 0.717) is 25.2 Å². The molecular weight excluding hydrogens is 396 g/mol. The minimum Gasteiger partial charge on any atom is -0.480 e. The molecule has 1 aliphatic carbocycles. The summed E-state index contributed by atoms with van der Waals surface area (Å²) in [6.07, 6.45) is 6.60. The number of nitrogens with one attached hydrogen (secondary N) is 1. The quantitative estimate of drug-likeness (QED) is 0.585. The van der Waals surface area contributed by atoms with E-state index in [-0.39, 0.29) is 31.1 Å². The highest BCUT2D eigenvalue weighted by molar-refractivity contribution is 5.87. The molecule has 7 nitrogen and oxygen atoms in total. The first kappa shape index (κ1) is 23.3. The molecule has 1 aromatic rings. The highest BCUT2D eigenvalue weighted by atomic mass is 16.5. The van der Waals surface area contributed by atoms with Crippen LogP contribution < -0.4 is 5.32 Å². The van der Waals surface area contributed by atoms with Crippen LogP contribution in [0.15, 0.2) is 30.3 Å². The molecule has 2 unspecified atom stereocenters. The number of ether oxygens (including phenoxy) is 1. The molecule has 2 N–H and O–H groups in total. The van der Waals surface area contributed by atoms with Crippen LogP contribution in [0, 0.1) is 5.92 Å². The van der Waals surface area contributed by atoms with Crippen molar-refractivity contribution in [3.63, 3.8) is 0 Å². The smallest absolute Gasteiger partial charge is 0.323 e. The van der Waals surface area contributed by atoms with Gasteiger partial charge in [-0.1, -0.05) is 43.2 Å². The molecule has 170 valence electrons. The topological polar surface area (TPSA) is 95.9 Å². The van der Waals surface area contributed by atoms with Crippen molar-refractivity contribution in [2.45, 2.75) is 76.4 Å². The van der Waals surface area contributed by atoms with Crippen LogP contribution in [0.3, 0.4) is 0 Å². The van der Waals surface area contributed by atoms with Crippen molar-refractivity contribution in [2.24, 2.45) is 5.92 Å². The summed E-state index contributed by atoms with van der Waals surface area (Å²) in [4.78, 5) is 39.1. The molecule has 7 heteroatoms. The number of hydrogen-bond donors (Lipinski definition) is 2. The average molecular weight is 431 g/mol. The number of aryl methyl sites for hydroxylation is 1. The molecule has 1 aliphatic heterocycles. The van der Waals surface area contributed by atoms with Crippen LogP contribution in [0.1, 0.15) is 57.4 Å². The number of carboxylic acids is 1. The van der Waals surface area contributed by atoms with Crippen molar-refractivity contribution < 1.29 is 24.2 Å². The Hall–Kier alpha value is -2.41. The highest BCUT2D eigenvalue weighted by Gasteiger charge is 2.40. The summed E-state index contributed by atoms with van der Waals surface area (Å²) in [5, 5.41) is 12.7. The first-order valence-corrected chi connectivity index (χ1v) is 11.5. The number of rotatable bonds is 9. The molecule has 2 fully saturated rings. The number of aliphatic carboxylic acids is 1. The lowest BCUT2D eigenvalue weighted by molar-refractivity contribution is -0.150. The second-order valence-corrected chi connectivity index (χ2v) is 8.60. The van der Waals surface area contributed by atoms with Crippen LogP contribution in [0.5, 0.6) is 0 Å². The number of esters is 1. The van der Waals surface area contributed by atoms with Gasteiger partial charge in [-0.2, -0.15) is 0 Å². The number of carbonyl (C=O) groups excluding carboxylic acids is 2. The monoisotopic (exact) mass is 430 g/mol. The summed E-state index contributed by atoms with van der Waals surface area (Å²) in [7, 11) is 0. The van der Waals surface area contributed by atoms with Gasteiger partial charge in [-0.15, -0.1) is 0 Å². The number of carbonyl (C=O) groups is 3. The van der Waals surface area contributed by atoms with Gasteiger partial charge < -0.3 is 14.7 Å². The maximum Gasteiger partial charge on any atom is 0.323 e. The molecule has 3 rings (SSSR count). The molecule has 1 saturated heterocycles. The average Bonchev–Trinajstić information content (AvgIpc) is 3.21. The number of nitrogens with zero attached hydrogens (tertiary/aromatic N) is 1. The standard InChI is InChI=1S/C24H34N2O5/c1-2-31-24(30)20(15-14-17-8-4-3-5-9-17)25-19-12-6-10-18-11-7-13-21(18)26(23(19)29)16-22(27)28/h3-5,8-9,18-21,25H,2,6-7,10-16H2,1H3,(H,27,28)/t18?,19-,20-,21?/m0/s1. The lowest BCUT2D eigenvalue weighted by Crippen LogP contribution is -2.57. The van der Waals surface area contributed by atoms with Gasteiger partial charge in [0.05, 0.1) is 12.6 Å². The van der Waals surface area contributed by atoms with E-state index in [9.17, 15) is 19.5 Å². The van der Waals surface area contributed by atoms with E-state index in [4.69, 9.17) is 4.74 Å². The van der Waals surface area contributed by atoms with Gasteiger partial charge in [-0.05, 0) is 56.9 Å². The molecule has 31 heavy (non-hydrogen) atoms. The number of likely N-dealkylation sites (tertiary alicyclic amines) is 1. The van der Waals surface area contributed by atoms with Crippen LogP contribution >= 0.6 is 0 Å². The van der Waals surface area contributed by atoms with Crippen LogP contribution in [0.2, 0.25) is 0 Å². The molecule has 0 spiro atoms. The van der Waals surface area contributed by atoms with Crippen LogP contribution in [0.4, 0.5) is 0 Å². The Labute approximate surface area is 184 Å². The number of fused-ring (bicyclic) bond motifs is 1. The van der Waals surface area contributed by atoms with E-state index in [1.54, 1.807) is 11.8 Å². The molecule has 2 aliphatic rings. The van der Waals surface area contributed by atoms with Gasteiger partial charge in [-0.3, -0.25) is 19.7 Å². The number of hydrogen-bond acceptors (Lipinski definition) is 5. The minimum absolute atomic E-state index is 0.0152. The van der Waals surface area contributed by atoms with Crippen molar-refractivity contribution >= 4 is 17.8 Å². The van der Waals surface area contributed by atoms with Crippen molar-refractivity contribution in [3.8, 4) is 0 Å². The molecule has 0 radical (unpaired) electrons. The molecule has 1 heterocycles. The van der Waals surface area contributed by atoms with Crippen LogP contribution in [-0.4, -0.2) is 59.1 Å². The molecule has 1 amide bonds. The molecule has 0 bridgehead atoms. The molecule has 0 aromatic heterocycles. The molecule has 1 aromatic carbocycles.